The smallest absolute Gasteiger partial charge is 0.185 e. The lowest BCUT2D eigenvalue weighted by molar-refractivity contribution is -0.187. The molecule has 8 nitrogen and oxygen atoms in total. The second-order valence-corrected chi connectivity index (χ2v) is 5.54. The summed E-state index contributed by atoms with van der Waals surface area (Å²) in [5, 5.41) is 44.4. The zero-order valence-corrected chi connectivity index (χ0v) is 13.2. The van der Waals surface area contributed by atoms with E-state index in [2.05, 4.69) is 10.6 Å². The van der Waals surface area contributed by atoms with Crippen molar-refractivity contribution in [1.82, 2.24) is 15.5 Å². The minimum atomic E-state index is -1.21. The van der Waals surface area contributed by atoms with Crippen LogP contribution < -0.4 is 10.6 Å². The van der Waals surface area contributed by atoms with Crippen LogP contribution in [-0.4, -0.2) is 87.4 Å². The van der Waals surface area contributed by atoms with Gasteiger partial charge in [-0.05, 0) is 32.7 Å². The molecule has 0 aromatic carbocycles. The molecule has 1 saturated heterocycles. The monoisotopic (exact) mass is 323 g/mol. The summed E-state index contributed by atoms with van der Waals surface area (Å²) < 4.78 is 5.42. The lowest BCUT2D eigenvalue weighted by atomic mass is 9.94. The van der Waals surface area contributed by atoms with Gasteiger partial charge in [0.25, 0.3) is 0 Å². The third-order valence-corrected chi connectivity index (χ3v) is 3.88. The predicted octanol–water partition coefficient (Wildman–Crippen LogP) is -2.45. The van der Waals surface area contributed by atoms with Crippen LogP contribution in [0.3, 0.4) is 0 Å². The van der Waals surface area contributed by atoms with Crippen LogP contribution in [0.2, 0.25) is 0 Å². The van der Waals surface area contributed by atoms with Crippen molar-refractivity contribution in [2.24, 2.45) is 0 Å². The van der Waals surface area contributed by atoms with Crippen molar-refractivity contribution in [2.75, 3.05) is 20.2 Å². The molecule has 6 N–H and O–H groups in total. The van der Waals surface area contributed by atoms with E-state index >= 15 is 0 Å². The molecule has 124 valence electrons. The first kappa shape index (κ1) is 18.5. The number of aliphatic hydroxyl groups is 4. The van der Waals surface area contributed by atoms with Crippen LogP contribution in [0, 0.1) is 0 Å². The molecule has 6 unspecified atom stereocenters. The molecule has 1 aliphatic heterocycles. The zero-order valence-electron chi connectivity index (χ0n) is 12.4. The van der Waals surface area contributed by atoms with Gasteiger partial charge in [-0.3, -0.25) is 4.90 Å². The molecule has 0 spiro atoms. The molecule has 0 radical (unpaired) electrons. The highest BCUT2D eigenvalue weighted by Gasteiger charge is 2.42. The van der Waals surface area contributed by atoms with Gasteiger partial charge in [0.1, 0.15) is 18.3 Å². The maximum absolute atomic E-state index is 10.1. The van der Waals surface area contributed by atoms with Crippen molar-refractivity contribution < 1.29 is 25.2 Å². The fourth-order valence-corrected chi connectivity index (χ4v) is 2.34. The van der Waals surface area contributed by atoms with Crippen molar-refractivity contribution in [1.29, 1.82) is 0 Å². The number of hydrogen-bond acceptors (Lipinski definition) is 7. The number of aliphatic hydroxyl groups excluding tert-OH is 4. The van der Waals surface area contributed by atoms with E-state index in [1.807, 2.05) is 6.92 Å². The molecule has 0 amide bonds. The molecular weight excluding hydrogens is 298 g/mol. The van der Waals surface area contributed by atoms with Gasteiger partial charge in [0.2, 0.25) is 0 Å². The van der Waals surface area contributed by atoms with Crippen molar-refractivity contribution in [3.8, 4) is 0 Å². The number of ether oxygens (including phenoxy) is 1. The normalized spacial score (nSPS) is 34.6. The maximum Gasteiger partial charge on any atom is 0.185 e. The molecule has 6 atom stereocenters. The number of thiocarbonyl (C=S) groups is 1. The summed E-state index contributed by atoms with van der Waals surface area (Å²) in [7, 11) is 1.72. The van der Waals surface area contributed by atoms with Crippen LogP contribution in [0.25, 0.3) is 0 Å². The fraction of sp³-hybridized carbons (Fsp3) is 0.917. The van der Waals surface area contributed by atoms with Gasteiger partial charge in [-0.25, -0.2) is 0 Å². The Hall–Kier alpha value is -0.550. The number of hydrogen-bond donors (Lipinski definition) is 6. The summed E-state index contributed by atoms with van der Waals surface area (Å²) in [6.45, 7) is 3.83. The first-order valence-corrected chi connectivity index (χ1v) is 7.30. The SMILES string of the molecule is CCN(C)C(O)NC(=S)NC1C(C)OC(CO)C(O)C1O. The summed E-state index contributed by atoms with van der Waals surface area (Å²) in [5.41, 5.74) is 0. The highest BCUT2D eigenvalue weighted by molar-refractivity contribution is 7.80. The van der Waals surface area contributed by atoms with Crippen molar-refractivity contribution in [3.05, 3.63) is 0 Å². The average Bonchev–Trinajstić information content (AvgIpc) is 2.46. The molecule has 21 heavy (non-hydrogen) atoms. The molecule has 1 rings (SSSR count). The molecule has 0 bridgehead atoms. The van der Waals surface area contributed by atoms with Gasteiger partial charge < -0.3 is 35.8 Å². The van der Waals surface area contributed by atoms with E-state index in [0.717, 1.165) is 0 Å². The third-order valence-electron chi connectivity index (χ3n) is 3.65. The predicted molar refractivity (Wildman–Crippen MR) is 80.4 cm³/mol. The van der Waals surface area contributed by atoms with Gasteiger partial charge in [0, 0.05) is 0 Å². The van der Waals surface area contributed by atoms with Gasteiger partial charge in [0.15, 0.2) is 11.5 Å². The fourth-order valence-electron chi connectivity index (χ4n) is 2.10. The van der Waals surface area contributed by atoms with Crippen LogP contribution in [0.5, 0.6) is 0 Å². The van der Waals surface area contributed by atoms with Gasteiger partial charge >= 0.3 is 0 Å². The third kappa shape index (κ3) is 4.71. The van der Waals surface area contributed by atoms with E-state index < -0.39 is 36.8 Å². The summed E-state index contributed by atoms with van der Waals surface area (Å²) in [5.74, 6) is 0. The summed E-state index contributed by atoms with van der Waals surface area (Å²) >= 11 is 5.07. The van der Waals surface area contributed by atoms with Crippen LogP contribution in [-0.2, 0) is 4.74 Å². The highest BCUT2D eigenvalue weighted by Crippen LogP contribution is 2.20. The lowest BCUT2D eigenvalue weighted by Crippen LogP contribution is -2.65. The quantitative estimate of drug-likeness (QED) is 0.242. The zero-order chi connectivity index (χ0) is 16.2. The van der Waals surface area contributed by atoms with Gasteiger partial charge in [-0.1, -0.05) is 6.92 Å². The Balaban J connectivity index is 2.59. The molecule has 0 aromatic rings. The Kier molecular flexibility index (Phi) is 7.21. The van der Waals surface area contributed by atoms with Crippen LogP contribution >= 0.6 is 12.2 Å². The van der Waals surface area contributed by atoms with E-state index in [1.54, 1.807) is 18.9 Å². The highest BCUT2D eigenvalue weighted by atomic mass is 32.1. The molecular formula is C12H25N3O5S. The number of nitrogens with zero attached hydrogens (tertiary/aromatic N) is 1. The first-order chi connectivity index (χ1) is 9.81. The van der Waals surface area contributed by atoms with E-state index in [0.29, 0.717) is 6.54 Å². The van der Waals surface area contributed by atoms with Crippen LogP contribution in [0.4, 0.5) is 0 Å². The Morgan fingerprint density at radius 3 is 2.52 bits per heavy atom. The summed E-state index contributed by atoms with van der Waals surface area (Å²) in [6, 6.07) is -0.651. The second-order valence-electron chi connectivity index (χ2n) is 5.13. The number of nitrogens with one attached hydrogen (secondary N) is 2. The molecule has 9 heteroatoms. The van der Waals surface area contributed by atoms with Gasteiger partial charge in [-0.2, -0.15) is 0 Å². The lowest BCUT2D eigenvalue weighted by Gasteiger charge is -2.42. The molecule has 0 aliphatic carbocycles. The van der Waals surface area contributed by atoms with Crippen LogP contribution in [0.15, 0.2) is 0 Å². The second kappa shape index (κ2) is 8.18. The largest absolute Gasteiger partial charge is 0.394 e. The van der Waals surface area contributed by atoms with Crippen molar-refractivity contribution in [2.45, 2.75) is 50.7 Å². The Labute approximate surface area is 129 Å². The molecule has 0 aromatic heterocycles. The first-order valence-electron chi connectivity index (χ1n) is 6.89. The van der Waals surface area contributed by atoms with Gasteiger partial charge in [0.05, 0.1) is 18.8 Å². The standard InChI is InChI=1S/C12H25N3O5S/c1-4-15(3)12(19)14-11(21)13-8-6(2)20-7(5-16)9(17)10(8)18/h6-10,12,16-19H,4-5H2,1-3H3,(H2,13,14,21). The minimum Gasteiger partial charge on any atom is -0.394 e. The van der Waals surface area contributed by atoms with Gasteiger partial charge in [-0.15, -0.1) is 0 Å². The van der Waals surface area contributed by atoms with E-state index in [-0.39, 0.29) is 11.7 Å². The van der Waals surface area contributed by atoms with E-state index in [9.17, 15) is 15.3 Å². The maximum atomic E-state index is 10.1. The van der Waals surface area contributed by atoms with Crippen molar-refractivity contribution >= 4 is 17.3 Å². The number of rotatable bonds is 5. The van der Waals surface area contributed by atoms with Crippen molar-refractivity contribution in [3.63, 3.8) is 0 Å². The Morgan fingerprint density at radius 1 is 1.38 bits per heavy atom. The van der Waals surface area contributed by atoms with E-state index in [1.165, 1.54) is 0 Å². The molecule has 1 aliphatic rings. The topological polar surface area (TPSA) is 117 Å². The molecule has 1 heterocycles. The van der Waals surface area contributed by atoms with E-state index in [4.69, 9.17) is 22.1 Å². The molecule has 1 fully saturated rings. The average molecular weight is 323 g/mol. The minimum absolute atomic E-state index is 0.136. The van der Waals surface area contributed by atoms with Crippen LogP contribution in [0.1, 0.15) is 13.8 Å². The Morgan fingerprint density at radius 2 is 2.00 bits per heavy atom. The summed E-state index contributed by atoms with van der Waals surface area (Å²) in [4.78, 5) is 1.63. The molecule has 0 saturated carbocycles. The Bertz CT molecular complexity index is 349. The summed E-state index contributed by atoms with van der Waals surface area (Å²) in [6.07, 6.45) is -4.61.